The average Bonchev–Trinajstić information content (AvgIpc) is 2.53. The third-order valence-electron chi connectivity index (χ3n) is 3.00. The Balaban J connectivity index is 2.32. The van der Waals surface area contributed by atoms with Gasteiger partial charge in [0.05, 0.1) is 0 Å². The zero-order chi connectivity index (χ0) is 15.1. The van der Waals surface area contributed by atoms with Crippen LogP contribution in [0.3, 0.4) is 0 Å². The number of hydrogen-bond donors (Lipinski definition) is 0. The molecule has 21 heavy (non-hydrogen) atoms. The second kappa shape index (κ2) is 7.11. The number of nitriles is 1. The van der Waals surface area contributed by atoms with E-state index in [1.165, 1.54) is 7.11 Å². The second-order valence-corrected chi connectivity index (χ2v) is 4.39. The predicted molar refractivity (Wildman–Crippen MR) is 81.1 cm³/mol. The number of rotatable bonds is 5. The van der Waals surface area contributed by atoms with Crippen LogP contribution in [0.1, 0.15) is 24.2 Å². The molecule has 2 aromatic carbocycles. The van der Waals surface area contributed by atoms with E-state index in [0.29, 0.717) is 5.56 Å². The average molecular weight is 280 g/mol. The van der Waals surface area contributed by atoms with E-state index >= 15 is 0 Å². The van der Waals surface area contributed by atoms with Gasteiger partial charge in [0.15, 0.2) is 5.71 Å². The first-order valence-electron chi connectivity index (χ1n) is 6.58. The SMILES string of the molecule is CON=C(C#N)c1ccccc1C(C)Oc1ccccc1. The molecule has 0 saturated heterocycles. The van der Waals surface area contributed by atoms with Crippen molar-refractivity contribution in [2.24, 2.45) is 5.16 Å². The molecule has 0 fully saturated rings. The first-order chi connectivity index (χ1) is 10.3. The molecule has 4 nitrogen and oxygen atoms in total. The molecule has 0 aliphatic carbocycles. The Bertz CT molecular complexity index is 660. The Hall–Kier alpha value is -2.80. The molecule has 0 aromatic heterocycles. The summed E-state index contributed by atoms with van der Waals surface area (Å²) in [6, 6.07) is 19.1. The van der Waals surface area contributed by atoms with Gasteiger partial charge in [-0.15, -0.1) is 0 Å². The maximum absolute atomic E-state index is 9.20. The molecule has 0 radical (unpaired) electrons. The lowest BCUT2D eigenvalue weighted by atomic mass is 10.00. The molecule has 2 rings (SSSR count). The molecule has 0 N–H and O–H groups in total. The van der Waals surface area contributed by atoms with Crippen LogP contribution in [0.4, 0.5) is 0 Å². The summed E-state index contributed by atoms with van der Waals surface area (Å²) in [5.74, 6) is 0.780. The van der Waals surface area contributed by atoms with Crippen molar-refractivity contribution in [3.8, 4) is 11.8 Å². The Labute approximate surface area is 124 Å². The van der Waals surface area contributed by atoms with Crippen molar-refractivity contribution in [1.82, 2.24) is 0 Å². The fourth-order valence-corrected chi connectivity index (χ4v) is 2.05. The fraction of sp³-hybridized carbons (Fsp3) is 0.176. The Morgan fingerprint density at radius 2 is 1.76 bits per heavy atom. The molecule has 1 atom stereocenters. The van der Waals surface area contributed by atoms with E-state index in [0.717, 1.165) is 11.3 Å². The summed E-state index contributed by atoms with van der Waals surface area (Å²) >= 11 is 0. The number of nitrogens with zero attached hydrogens (tertiary/aromatic N) is 2. The number of oxime groups is 1. The van der Waals surface area contributed by atoms with E-state index in [2.05, 4.69) is 5.16 Å². The van der Waals surface area contributed by atoms with Crippen molar-refractivity contribution < 1.29 is 9.57 Å². The van der Waals surface area contributed by atoms with Crippen LogP contribution < -0.4 is 4.74 Å². The summed E-state index contributed by atoms with van der Waals surface area (Å²) in [5, 5.41) is 13.0. The lowest BCUT2D eigenvalue weighted by Gasteiger charge is -2.17. The highest BCUT2D eigenvalue weighted by molar-refractivity contribution is 6.12. The lowest BCUT2D eigenvalue weighted by molar-refractivity contribution is 0.213. The van der Waals surface area contributed by atoms with Crippen LogP contribution in [-0.2, 0) is 4.84 Å². The van der Waals surface area contributed by atoms with E-state index in [1.54, 1.807) is 0 Å². The molecule has 0 aliphatic rings. The van der Waals surface area contributed by atoms with Gasteiger partial charge in [-0.25, -0.2) is 0 Å². The quantitative estimate of drug-likeness (QED) is 0.620. The van der Waals surface area contributed by atoms with E-state index in [1.807, 2.05) is 67.6 Å². The standard InChI is InChI=1S/C17H16N2O2/c1-13(21-14-8-4-3-5-9-14)15-10-6-7-11-16(15)17(12-18)19-20-2/h3-11,13H,1-2H3. The normalized spacial score (nSPS) is 12.3. The maximum atomic E-state index is 9.20. The first kappa shape index (κ1) is 14.6. The molecule has 4 heteroatoms. The molecule has 1 unspecified atom stereocenters. The van der Waals surface area contributed by atoms with E-state index in [-0.39, 0.29) is 11.8 Å². The van der Waals surface area contributed by atoms with Crippen molar-refractivity contribution in [3.05, 3.63) is 65.7 Å². The van der Waals surface area contributed by atoms with Crippen molar-refractivity contribution >= 4 is 5.71 Å². The second-order valence-electron chi connectivity index (χ2n) is 4.39. The monoisotopic (exact) mass is 280 g/mol. The van der Waals surface area contributed by atoms with Crippen LogP contribution in [0, 0.1) is 11.3 Å². The highest BCUT2D eigenvalue weighted by atomic mass is 16.6. The summed E-state index contributed by atoms with van der Waals surface area (Å²) in [5.41, 5.74) is 1.83. The zero-order valence-corrected chi connectivity index (χ0v) is 12.0. The Morgan fingerprint density at radius 1 is 1.10 bits per heavy atom. The van der Waals surface area contributed by atoms with Gasteiger partial charge in [0, 0.05) is 11.1 Å². The van der Waals surface area contributed by atoms with Crippen LogP contribution >= 0.6 is 0 Å². The van der Waals surface area contributed by atoms with Gasteiger partial charge in [-0.05, 0) is 19.1 Å². The van der Waals surface area contributed by atoms with Gasteiger partial charge in [-0.1, -0.05) is 47.6 Å². The maximum Gasteiger partial charge on any atom is 0.187 e. The molecule has 0 bridgehead atoms. The summed E-state index contributed by atoms with van der Waals surface area (Å²) in [7, 11) is 1.42. The summed E-state index contributed by atoms with van der Waals surface area (Å²) in [6.07, 6.45) is -0.209. The Morgan fingerprint density at radius 3 is 2.43 bits per heavy atom. The Kier molecular flexibility index (Phi) is 4.94. The number of hydrogen-bond acceptors (Lipinski definition) is 4. The fourth-order valence-electron chi connectivity index (χ4n) is 2.05. The molecular weight excluding hydrogens is 264 g/mol. The van der Waals surface area contributed by atoms with Crippen LogP contribution in [0.15, 0.2) is 59.8 Å². The van der Waals surface area contributed by atoms with Gasteiger partial charge in [0.2, 0.25) is 0 Å². The minimum atomic E-state index is -0.209. The van der Waals surface area contributed by atoms with Gasteiger partial charge in [-0.2, -0.15) is 5.26 Å². The molecular formula is C17H16N2O2. The van der Waals surface area contributed by atoms with Gasteiger partial charge < -0.3 is 9.57 Å². The third-order valence-corrected chi connectivity index (χ3v) is 3.00. The minimum absolute atomic E-state index is 0.209. The third kappa shape index (κ3) is 3.61. The molecule has 106 valence electrons. The molecule has 0 saturated carbocycles. The predicted octanol–water partition coefficient (Wildman–Crippen LogP) is 3.70. The zero-order valence-electron chi connectivity index (χ0n) is 12.0. The minimum Gasteiger partial charge on any atom is -0.486 e. The van der Waals surface area contributed by atoms with Gasteiger partial charge >= 0.3 is 0 Å². The molecule has 2 aromatic rings. The molecule has 0 aliphatic heterocycles. The van der Waals surface area contributed by atoms with Crippen LogP contribution in [-0.4, -0.2) is 12.8 Å². The van der Waals surface area contributed by atoms with Crippen molar-refractivity contribution in [3.63, 3.8) is 0 Å². The van der Waals surface area contributed by atoms with Crippen molar-refractivity contribution in [2.75, 3.05) is 7.11 Å². The van der Waals surface area contributed by atoms with E-state index in [9.17, 15) is 5.26 Å². The molecule has 0 amide bonds. The summed E-state index contributed by atoms with van der Waals surface area (Å²) in [6.45, 7) is 1.94. The highest BCUT2D eigenvalue weighted by Crippen LogP contribution is 2.24. The summed E-state index contributed by atoms with van der Waals surface area (Å²) in [4.78, 5) is 4.73. The van der Waals surface area contributed by atoms with Crippen LogP contribution in [0.2, 0.25) is 0 Å². The summed E-state index contributed by atoms with van der Waals surface area (Å²) < 4.78 is 5.91. The van der Waals surface area contributed by atoms with Crippen molar-refractivity contribution in [1.29, 1.82) is 5.26 Å². The molecule has 0 spiro atoms. The number of benzene rings is 2. The van der Waals surface area contributed by atoms with E-state index in [4.69, 9.17) is 9.57 Å². The lowest BCUT2D eigenvalue weighted by Crippen LogP contribution is -2.10. The van der Waals surface area contributed by atoms with Crippen LogP contribution in [0.5, 0.6) is 5.75 Å². The highest BCUT2D eigenvalue weighted by Gasteiger charge is 2.16. The van der Waals surface area contributed by atoms with E-state index < -0.39 is 0 Å². The van der Waals surface area contributed by atoms with Crippen LogP contribution in [0.25, 0.3) is 0 Å². The topological polar surface area (TPSA) is 54.6 Å². The largest absolute Gasteiger partial charge is 0.486 e. The van der Waals surface area contributed by atoms with Crippen molar-refractivity contribution in [2.45, 2.75) is 13.0 Å². The number of ether oxygens (including phenoxy) is 1. The van der Waals surface area contributed by atoms with Gasteiger partial charge in [0.1, 0.15) is 25.0 Å². The molecule has 0 heterocycles. The first-order valence-corrected chi connectivity index (χ1v) is 6.58. The van der Waals surface area contributed by atoms with Gasteiger partial charge in [-0.3, -0.25) is 0 Å². The smallest absolute Gasteiger partial charge is 0.187 e. The number of para-hydroxylation sites is 1. The van der Waals surface area contributed by atoms with Gasteiger partial charge in [0.25, 0.3) is 0 Å².